The Morgan fingerprint density at radius 1 is 0.944 bits per heavy atom. The van der Waals surface area contributed by atoms with Gasteiger partial charge in [0.1, 0.15) is 0 Å². The van der Waals surface area contributed by atoms with E-state index in [1.54, 1.807) is 0 Å². The van der Waals surface area contributed by atoms with Crippen LogP contribution in [-0.4, -0.2) is 36.6 Å². The fraction of sp³-hybridized carbons (Fsp3) is 0.355. The molecule has 0 amide bonds. The van der Waals surface area contributed by atoms with Gasteiger partial charge in [-0.15, -0.1) is 0 Å². The first-order valence-corrected chi connectivity index (χ1v) is 15.9. The van der Waals surface area contributed by atoms with Crippen LogP contribution in [0.1, 0.15) is 39.7 Å². The largest absolute Gasteiger partial charge is 0.405 e. The fourth-order valence-electron chi connectivity index (χ4n) is 5.20. The molecule has 0 saturated carbocycles. The van der Waals surface area contributed by atoms with E-state index in [1.165, 1.54) is 10.4 Å². The second kappa shape index (κ2) is 11.4. The lowest BCUT2D eigenvalue weighted by atomic mass is 10.1. The van der Waals surface area contributed by atoms with Crippen LogP contribution in [0.15, 0.2) is 102 Å². The Kier molecular flexibility index (Phi) is 8.46. The Labute approximate surface area is 220 Å². The van der Waals surface area contributed by atoms with Crippen LogP contribution in [0.5, 0.6) is 0 Å². The summed E-state index contributed by atoms with van der Waals surface area (Å²) in [4.78, 5) is 0.839. The predicted octanol–water partition coefficient (Wildman–Crippen LogP) is 5.78. The van der Waals surface area contributed by atoms with E-state index in [1.807, 2.05) is 37.3 Å². The van der Waals surface area contributed by atoms with E-state index in [9.17, 15) is 4.21 Å². The van der Waals surface area contributed by atoms with Gasteiger partial charge in [0.05, 0.1) is 28.8 Å². The van der Waals surface area contributed by atoms with Crippen molar-refractivity contribution in [3.63, 3.8) is 0 Å². The molecule has 190 valence electrons. The summed E-state index contributed by atoms with van der Waals surface area (Å²) in [5, 5.41) is 2.23. The van der Waals surface area contributed by atoms with Gasteiger partial charge in [-0.3, -0.25) is 4.21 Å². The van der Waals surface area contributed by atoms with Crippen LogP contribution in [0.2, 0.25) is 5.04 Å². The minimum Gasteiger partial charge on any atom is -0.405 e. The molecule has 1 aliphatic rings. The third-order valence-electron chi connectivity index (χ3n) is 6.96. The normalized spacial score (nSPS) is 20.1. The number of rotatable bonds is 8. The maximum absolute atomic E-state index is 13.5. The molecule has 0 radical (unpaired) electrons. The minimum atomic E-state index is -2.67. The third kappa shape index (κ3) is 5.65. The maximum Gasteiger partial charge on any atom is 0.261 e. The van der Waals surface area contributed by atoms with Gasteiger partial charge >= 0.3 is 0 Å². The van der Waals surface area contributed by atoms with E-state index in [2.05, 4.69) is 94.4 Å². The van der Waals surface area contributed by atoms with Crippen molar-refractivity contribution in [2.75, 3.05) is 6.61 Å². The Balaban J connectivity index is 1.64. The Hall–Kier alpha value is -2.31. The lowest BCUT2D eigenvalue weighted by molar-refractivity contribution is 0.0348. The van der Waals surface area contributed by atoms with Gasteiger partial charge in [-0.1, -0.05) is 111 Å². The van der Waals surface area contributed by atoms with E-state index in [0.717, 1.165) is 10.5 Å². The number of benzene rings is 3. The van der Waals surface area contributed by atoms with Gasteiger partial charge in [0.25, 0.3) is 8.32 Å². The molecule has 1 unspecified atom stereocenters. The van der Waals surface area contributed by atoms with Gasteiger partial charge in [0.2, 0.25) is 0 Å². The number of aryl methyl sites for hydroxylation is 1. The minimum absolute atomic E-state index is 0.0784. The molecule has 36 heavy (non-hydrogen) atoms. The van der Waals surface area contributed by atoms with Crippen molar-refractivity contribution in [2.45, 2.75) is 68.4 Å². The monoisotopic (exact) mass is 518 g/mol. The fourth-order valence-corrected chi connectivity index (χ4v) is 11.3. The quantitative estimate of drug-likeness (QED) is 0.280. The van der Waals surface area contributed by atoms with Crippen LogP contribution in [0.4, 0.5) is 0 Å². The molecular weight excluding hydrogens is 480 g/mol. The van der Waals surface area contributed by atoms with Crippen LogP contribution in [-0.2, 0) is 20.0 Å². The molecule has 4 atom stereocenters. The molecule has 0 saturated heterocycles. The Morgan fingerprint density at radius 2 is 1.50 bits per heavy atom. The zero-order valence-corrected chi connectivity index (χ0v) is 23.8. The lowest BCUT2D eigenvalue weighted by Crippen LogP contribution is -2.67. The van der Waals surface area contributed by atoms with Crippen molar-refractivity contribution in [1.82, 2.24) is 0 Å². The molecule has 3 aromatic rings. The van der Waals surface area contributed by atoms with Gasteiger partial charge in [-0.05, 0) is 47.8 Å². The van der Waals surface area contributed by atoms with Gasteiger partial charge < -0.3 is 9.16 Å². The van der Waals surface area contributed by atoms with Gasteiger partial charge in [-0.2, -0.15) is 0 Å². The standard InChI is InChI=1S/C31H38O3SSi/c1-24-18-20-26(21-19-24)35(32)30-17-12-22-33-29(30)23-25(2)34-36(31(3,4)5,27-13-8-6-9-14-27)28-15-10-7-11-16-28/h6-21,25,29-30H,22-23H2,1-5H3/t25?,29-,30+,35-/m0/s1. The number of hydrogen-bond donors (Lipinski definition) is 0. The highest BCUT2D eigenvalue weighted by molar-refractivity contribution is 7.86. The zero-order chi connectivity index (χ0) is 25.8. The van der Waals surface area contributed by atoms with E-state index >= 15 is 0 Å². The van der Waals surface area contributed by atoms with Crippen LogP contribution < -0.4 is 10.4 Å². The van der Waals surface area contributed by atoms with Gasteiger partial charge in [0, 0.05) is 11.0 Å². The van der Waals surface area contributed by atoms with Crippen LogP contribution in [0.25, 0.3) is 0 Å². The average molecular weight is 519 g/mol. The molecule has 0 bridgehead atoms. The first kappa shape index (κ1) is 26.7. The molecule has 3 aromatic carbocycles. The summed E-state index contributed by atoms with van der Waals surface area (Å²) in [6.07, 6.45) is 4.48. The average Bonchev–Trinajstić information content (AvgIpc) is 2.88. The molecule has 0 N–H and O–H groups in total. The van der Waals surface area contributed by atoms with Gasteiger partial charge in [-0.25, -0.2) is 0 Å². The zero-order valence-electron chi connectivity index (χ0n) is 22.0. The van der Waals surface area contributed by atoms with Crippen molar-refractivity contribution in [1.29, 1.82) is 0 Å². The third-order valence-corrected chi connectivity index (χ3v) is 13.8. The van der Waals surface area contributed by atoms with Crippen molar-refractivity contribution < 1.29 is 13.4 Å². The van der Waals surface area contributed by atoms with Crippen molar-refractivity contribution in [3.05, 3.63) is 103 Å². The van der Waals surface area contributed by atoms with E-state index < -0.39 is 19.1 Å². The summed E-state index contributed by atoms with van der Waals surface area (Å²) in [7, 11) is -3.86. The first-order chi connectivity index (χ1) is 17.2. The van der Waals surface area contributed by atoms with E-state index in [0.29, 0.717) is 13.0 Å². The number of ether oxygens (including phenoxy) is 1. The summed E-state index contributed by atoms with van der Waals surface area (Å²) >= 11 is 0. The summed E-state index contributed by atoms with van der Waals surface area (Å²) in [5.74, 6) is 0. The molecule has 0 aliphatic carbocycles. The van der Waals surface area contributed by atoms with Crippen molar-refractivity contribution in [3.8, 4) is 0 Å². The molecule has 1 heterocycles. The molecule has 0 fully saturated rings. The first-order valence-electron chi connectivity index (χ1n) is 12.8. The van der Waals surface area contributed by atoms with E-state index in [-0.39, 0.29) is 22.5 Å². The highest BCUT2D eigenvalue weighted by Gasteiger charge is 2.51. The topological polar surface area (TPSA) is 35.5 Å². The highest BCUT2D eigenvalue weighted by atomic mass is 32.2. The second-order valence-electron chi connectivity index (χ2n) is 10.7. The molecule has 5 heteroatoms. The summed E-state index contributed by atoms with van der Waals surface area (Å²) in [6.45, 7) is 11.6. The molecule has 0 spiro atoms. The maximum atomic E-state index is 13.5. The van der Waals surface area contributed by atoms with Crippen LogP contribution in [0, 0.1) is 6.92 Å². The summed E-state index contributed by atoms with van der Waals surface area (Å²) in [5.41, 5.74) is 1.16. The van der Waals surface area contributed by atoms with Crippen molar-refractivity contribution >= 4 is 29.5 Å². The highest BCUT2D eigenvalue weighted by Crippen LogP contribution is 2.38. The van der Waals surface area contributed by atoms with Crippen LogP contribution >= 0.6 is 0 Å². The molecule has 0 aromatic heterocycles. The lowest BCUT2D eigenvalue weighted by Gasteiger charge is -2.45. The molecule has 3 nitrogen and oxygen atoms in total. The SMILES string of the molecule is Cc1ccc([S@](=O)[C@@H]2C=CCO[C@H]2CC(C)O[Si](c2ccccc2)(c2ccccc2)C(C)(C)C)cc1. The van der Waals surface area contributed by atoms with Gasteiger partial charge in [0.15, 0.2) is 0 Å². The Bertz CT molecular complexity index is 1130. The molecule has 1 aliphatic heterocycles. The summed E-state index contributed by atoms with van der Waals surface area (Å²) in [6, 6.07) is 29.4. The number of hydrogen-bond acceptors (Lipinski definition) is 3. The Morgan fingerprint density at radius 3 is 2.03 bits per heavy atom. The van der Waals surface area contributed by atoms with Crippen LogP contribution in [0.3, 0.4) is 0 Å². The summed E-state index contributed by atoms with van der Waals surface area (Å²) < 4.78 is 27.0. The molecule has 4 rings (SSSR count). The molecular formula is C31H38O3SSi. The predicted molar refractivity (Wildman–Crippen MR) is 153 cm³/mol. The van der Waals surface area contributed by atoms with E-state index in [4.69, 9.17) is 9.16 Å². The van der Waals surface area contributed by atoms with Crippen molar-refractivity contribution in [2.24, 2.45) is 0 Å². The second-order valence-corrected chi connectivity index (χ2v) is 16.6. The smallest absolute Gasteiger partial charge is 0.261 e.